The zero-order valence-corrected chi connectivity index (χ0v) is 11.1. The number of hydrogen-bond donors (Lipinski definition) is 2. The number of rotatable bonds is 3. The fourth-order valence-corrected chi connectivity index (χ4v) is 1.53. The van der Waals surface area contributed by atoms with Crippen LogP contribution in [0.25, 0.3) is 0 Å². The molecule has 0 unspecified atom stereocenters. The molecule has 6 heteroatoms. The van der Waals surface area contributed by atoms with E-state index < -0.39 is 24.5 Å². The molecular formula is C13H16N2O4. The summed E-state index contributed by atoms with van der Waals surface area (Å²) in [6.07, 6.45) is 0. The maximum atomic E-state index is 11.7. The molecule has 0 bridgehead atoms. The Labute approximate surface area is 111 Å². The molecule has 0 aliphatic carbocycles. The second kappa shape index (κ2) is 6.53. The minimum absolute atomic E-state index is 0.380. The van der Waals surface area contributed by atoms with Gasteiger partial charge in [-0.1, -0.05) is 17.2 Å². The van der Waals surface area contributed by atoms with Gasteiger partial charge in [-0.15, -0.1) is 0 Å². The molecule has 0 saturated carbocycles. The molecule has 0 aliphatic rings. The average Bonchev–Trinajstić information content (AvgIpc) is 2.34. The molecule has 2 N–H and O–H groups in total. The topological polar surface area (TPSA) is 84.5 Å². The van der Waals surface area contributed by atoms with Crippen molar-refractivity contribution in [3.05, 3.63) is 34.9 Å². The van der Waals surface area contributed by atoms with Crippen LogP contribution < -0.4 is 10.6 Å². The average molecular weight is 264 g/mol. The van der Waals surface area contributed by atoms with E-state index in [2.05, 4.69) is 5.32 Å². The van der Waals surface area contributed by atoms with E-state index >= 15 is 0 Å². The minimum atomic E-state index is -0.683. The third kappa shape index (κ3) is 4.79. The highest BCUT2D eigenvalue weighted by atomic mass is 16.5. The molecule has 0 aliphatic heterocycles. The fourth-order valence-electron chi connectivity index (χ4n) is 1.53. The summed E-state index contributed by atoms with van der Waals surface area (Å²) in [5, 5.41) is 4.21. The maximum Gasteiger partial charge on any atom is 0.338 e. The number of urea groups is 1. The van der Waals surface area contributed by atoms with Gasteiger partial charge in [0.15, 0.2) is 6.61 Å². The van der Waals surface area contributed by atoms with Crippen LogP contribution in [0.15, 0.2) is 18.2 Å². The molecule has 0 fully saturated rings. The van der Waals surface area contributed by atoms with Gasteiger partial charge in [-0.05, 0) is 26.0 Å². The van der Waals surface area contributed by atoms with Crippen molar-refractivity contribution in [2.45, 2.75) is 13.8 Å². The molecule has 0 saturated heterocycles. The Morgan fingerprint density at radius 3 is 2.21 bits per heavy atom. The number of amides is 3. The second-order valence-corrected chi connectivity index (χ2v) is 4.08. The Bertz CT molecular complexity index is 491. The zero-order valence-electron chi connectivity index (χ0n) is 11.1. The first-order valence-electron chi connectivity index (χ1n) is 5.69. The normalized spacial score (nSPS) is 9.63. The van der Waals surface area contributed by atoms with Crippen molar-refractivity contribution in [1.82, 2.24) is 10.6 Å². The number of ether oxygens (including phenoxy) is 1. The van der Waals surface area contributed by atoms with Gasteiger partial charge in [-0.2, -0.15) is 0 Å². The standard InChI is InChI=1S/C13H16N2O4/c1-8-4-9(2)6-10(5-8)12(17)19-7-11(16)15-13(18)14-3/h4-6H,7H2,1-3H3,(H2,14,15,16,18). The Hall–Kier alpha value is -2.37. The largest absolute Gasteiger partial charge is 0.452 e. The number of benzene rings is 1. The summed E-state index contributed by atoms with van der Waals surface area (Å²) >= 11 is 0. The molecule has 1 rings (SSSR count). The molecule has 1 aromatic rings. The molecular weight excluding hydrogens is 248 g/mol. The Morgan fingerprint density at radius 1 is 1.11 bits per heavy atom. The van der Waals surface area contributed by atoms with E-state index in [0.29, 0.717) is 5.56 Å². The van der Waals surface area contributed by atoms with Crippen molar-refractivity contribution in [2.24, 2.45) is 0 Å². The number of carbonyl (C=O) groups excluding carboxylic acids is 3. The van der Waals surface area contributed by atoms with E-state index in [1.54, 1.807) is 12.1 Å². The highest BCUT2D eigenvalue weighted by Crippen LogP contribution is 2.09. The third-order valence-electron chi connectivity index (χ3n) is 2.27. The predicted octanol–water partition coefficient (Wildman–Crippen LogP) is 0.916. The van der Waals surface area contributed by atoms with E-state index in [0.717, 1.165) is 11.1 Å². The van der Waals surface area contributed by atoms with Gasteiger partial charge in [0.25, 0.3) is 5.91 Å². The van der Waals surface area contributed by atoms with Gasteiger partial charge >= 0.3 is 12.0 Å². The van der Waals surface area contributed by atoms with Crippen LogP contribution in [0.5, 0.6) is 0 Å². The summed E-state index contributed by atoms with van der Waals surface area (Å²) in [5.41, 5.74) is 2.24. The van der Waals surface area contributed by atoms with Crippen LogP contribution in [0.3, 0.4) is 0 Å². The molecule has 6 nitrogen and oxygen atoms in total. The van der Waals surface area contributed by atoms with E-state index in [9.17, 15) is 14.4 Å². The SMILES string of the molecule is CNC(=O)NC(=O)COC(=O)c1cc(C)cc(C)c1. The quantitative estimate of drug-likeness (QED) is 0.795. The number of esters is 1. The number of imide groups is 1. The lowest BCUT2D eigenvalue weighted by Gasteiger charge is -2.06. The number of hydrogen-bond acceptors (Lipinski definition) is 4. The van der Waals surface area contributed by atoms with Crippen LogP contribution >= 0.6 is 0 Å². The lowest BCUT2D eigenvalue weighted by atomic mass is 10.1. The summed E-state index contributed by atoms with van der Waals surface area (Å²) in [6, 6.07) is 4.63. The molecule has 0 radical (unpaired) electrons. The summed E-state index contributed by atoms with van der Waals surface area (Å²) < 4.78 is 4.81. The first-order chi connectivity index (χ1) is 8.92. The van der Waals surface area contributed by atoms with E-state index in [4.69, 9.17) is 4.74 Å². The van der Waals surface area contributed by atoms with Crippen molar-refractivity contribution in [3.63, 3.8) is 0 Å². The fraction of sp³-hybridized carbons (Fsp3) is 0.308. The highest BCUT2D eigenvalue weighted by Gasteiger charge is 2.12. The molecule has 3 amide bonds. The summed E-state index contributed by atoms with van der Waals surface area (Å²) in [4.78, 5) is 33.8. The van der Waals surface area contributed by atoms with Gasteiger partial charge in [-0.25, -0.2) is 9.59 Å². The van der Waals surface area contributed by atoms with Gasteiger partial charge in [0.05, 0.1) is 5.56 Å². The van der Waals surface area contributed by atoms with Crippen LogP contribution in [-0.4, -0.2) is 31.6 Å². The summed E-state index contributed by atoms with van der Waals surface area (Å²) in [6.45, 7) is 3.23. The highest BCUT2D eigenvalue weighted by molar-refractivity contribution is 5.97. The molecule has 0 spiro atoms. The van der Waals surface area contributed by atoms with Crippen molar-refractivity contribution in [3.8, 4) is 0 Å². The third-order valence-corrected chi connectivity index (χ3v) is 2.27. The Morgan fingerprint density at radius 2 is 1.68 bits per heavy atom. The summed E-state index contributed by atoms with van der Waals surface area (Å²) in [5.74, 6) is -1.28. The Kier molecular flexibility index (Phi) is 5.05. The monoisotopic (exact) mass is 264 g/mol. The molecule has 102 valence electrons. The zero-order chi connectivity index (χ0) is 14.4. The number of aryl methyl sites for hydroxylation is 2. The van der Waals surface area contributed by atoms with Crippen molar-refractivity contribution in [2.75, 3.05) is 13.7 Å². The second-order valence-electron chi connectivity index (χ2n) is 4.08. The van der Waals surface area contributed by atoms with Crippen LogP contribution in [0.1, 0.15) is 21.5 Å². The molecule has 0 heterocycles. The summed E-state index contributed by atoms with van der Waals surface area (Å²) in [7, 11) is 1.38. The smallest absolute Gasteiger partial charge is 0.338 e. The predicted molar refractivity (Wildman–Crippen MR) is 68.8 cm³/mol. The van der Waals surface area contributed by atoms with Crippen molar-refractivity contribution < 1.29 is 19.1 Å². The van der Waals surface area contributed by atoms with Gasteiger partial charge < -0.3 is 10.1 Å². The molecule has 1 aromatic carbocycles. The van der Waals surface area contributed by atoms with Crippen molar-refractivity contribution >= 4 is 17.9 Å². The van der Waals surface area contributed by atoms with E-state index in [1.165, 1.54) is 7.05 Å². The number of nitrogens with one attached hydrogen (secondary N) is 2. The van der Waals surface area contributed by atoms with Crippen LogP contribution in [0.4, 0.5) is 4.79 Å². The molecule has 0 atom stereocenters. The van der Waals surface area contributed by atoms with Gasteiger partial charge in [0.1, 0.15) is 0 Å². The molecule has 19 heavy (non-hydrogen) atoms. The van der Waals surface area contributed by atoms with Gasteiger partial charge in [0, 0.05) is 7.05 Å². The lowest BCUT2D eigenvalue weighted by molar-refractivity contribution is -0.123. The first-order valence-corrected chi connectivity index (χ1v) is 5.69. The van der Waals surface area contributed by atoms with Crippen LogP contribution in [-0.2, 0) is 9.53 Å². The minimum Gasteiger partial charge on any atom is -0.452 e. The van der Waals surface area contributed by atoms with E-state index in [1.807, 2.05) is 25.2 Å². The maximum absolute atomic E-state index is 11.7. The van der Waals surface area contributed by atoms with E-state index in [-0.39, 0.29) is 0 Å². The first kappa shape index (κ1) is 14.7. The number of carbonyl (C=O) groups is 3. The van der Waals surface area contributed by atoms with Gasteiger partial charge in [-0.3, -0.25) is 10.1 Å². The lowest BCUT2D eigenvalue weighted by Crippen LogP contribution is -2.39. The molecule has 0 aromatic heterocycles. The van der Waals surface area contributed by atoms with Crippen LogP contribution in [0, 0.1) is 13.8 Å². The van der Waals surface area contributed by atoms with Crippen molar-refractivity contribution in [1.29, 1.82) is 0 Å². The van der Waals surface area contributed by atoms with Gasteiger partial charge in [0.2, 0.25) is 0 Å². The Balaban J connectivity index is 2.56. The van der Waals surface area contributed by atoms with Crippen LogP contribution in [0.2, 0.25) is 0 Å².